The Bertz CT molecular complexity index is 1270. The first-order valence-electron chi connectivity index (χ1n) is 12.0. The van der Waals surface area contributed by atoms with Gasteiger partial charge in [0.2, 0.25) is 5.91 Å². The summed E-state index contributed by atoms with van der Waals surface area (Å²) in [6.45, 7) is 1.73. The first-order valence-corrected chi connectivity index (χ1v) is 12.0. The predicted octanol–water partition coefficient (Wildman–Crippen LogP) is 3.74. The van der Waals surface area contributed by atoms with Crippen molar-refractivity contribution in [1.29, 1.82) is 0 Å². The van der Waals surface area contributed by atoms with Crippen LogP contribution in [0.5, 0.6) is 5.75 Å². The zero-order valence-corrected chi connectivity index (χ0v) is 20.3. The van der Waals surface area contributed by atoms with Crippen molar-refractivity contribution in [3.63, 3.8) is 0 Å². The van der Waals surface area contributed by atoms with Crippen molar-refractivity contribution in [3.05, 3.63) is 95.3 Å². The van der Waals surface area contributed by atoms with E-state index in [0.29, 0.717) is 23.3 Å². The van der Waals surface area contributed by atoms with Crippen molar-refractivity contribution in [3.8, 4) is 5.75 Å². The second-order valence-corrected chi connectivity index (χ2v) is 8.74. The Morgan fingerprint density at radius 2 is 1.84 bits per heavy atom. The van der Waals surface area contributed by atoms with Gasteiger partial charge in [0, 0.05) is 0 Å². The highest BCUT2D eigenvalue weighted by Crippen LogP contribution is 2.28. The molecule has 0 spiro atoms. The zero-order chi connectivity index (χ0) is 26.4. The monoisotopic (exact) mass is 505 g/mol. The summed E-state index contributed by atoms with van der Waals surface area (Å²) in [6, 6.07) is 17.5. The number of benzene rings is 3. The number of nitrogens with zero attached hydrogens (tertiary/aromatic N) is 1. The number of rotatable bonds is 10. The highest BCUT2D eigenvalue weighted by atomic mass is 19.1. The number of halogens is 1. The number of anilines is 1. The van der Waals surface area contributed by atoms with E-state index in [-0.39, 0.29) is 25.3 Å². The van der Waals surface area contributed by atoms with Gasteiger partial charge >= 0.3 is 6.03 Å². The molecule has 4 rings (SSSR count). The number of ether oxygens (including phenoxy) is 1. The lowest BCUT2D eigenvalue weighted by atomic mass is 10.0. The third kappa shape index (κ3) is 6.13. The first-order chi connectivity index (χ1) is 17.9. The lowest BCUT2D eigenvalue weighted by Gasteiger charge is -2.25. The Morgan fingerprint density at radius 1 is 1.11 bits per heavy atom. The number of carbonyl (C=O) groups is 3. The standard InChI is InChI=1S/C28H28FN3O5/c1-18-7-13-23(22(29)17-18)30-26(34)24(14-8-19-5-3-2-4-6-19)32-27(35)25(31-28(32)36)20-9-11-21(12-10-20)37-16-15-33/h2-7,9-13,17,24-25,33H,8,14-16H2,1H3,(H,30,34)(H,31,36)/t24?,25-/m1/s1. The molecule has 0 aliphatic carbocycles. The second kappa shape index (κ2) is 11.7. The van der Waals surface area contributed by atoms with E-state index in [2.05, 4.69) is 10.6 Å². The van der Waals surface area contributed by atoms with Gasteiger partial charge in [-0.1, -0.05) is 48.5 Å². The second-order valence-electron chi connectivity index (χ2n) is 8.74. The molecular formula is C28H28FN3O5. The number of aryl methyl sites for hydroxylation is 2. The van der Waals surface area contributed by atoms with Crippen molar-refractivity contribution in [2.24, 2.45) is 0 Å². The Hall–Kier alpha value is -4.24. The minimum absolute atomic E-state index is 0.0256. The number of amides is 4. The summed E-state index contributed by atoms with van der Waals surface area (Å²) in [6.07, 6.45) is 0.580. The molecule has 1 fully saturated rings. The third-order valence-electron chi connectivity index (χ3n) is 6.09. The van der Waals surface area contributed by atoms with Crippen LogP contribution in [0, 0.1) is 12.7 Å². The number of carbonyl (C=O) groups excluding carboxylic acids is 3. The van der Waals surface area contributed by atoms with Gasteiger partial charge in [0.1, 0.15) is 30.3 Å². The average molecular weight is 506 g/mol. The van der Waals surface area contributed by atoms with Crippen LogP contribution in [0.15, 0.2) is 72.8 Å². The summed E-state index contributed by atoms with van der Waals surface area (Å²) >= 11 is 0. The van der Waals surface area contributed by atoms with Crippen LogP contribution in [-0.4, -0.2) is 47.1 Å². The van der Waals surface area contributed by atoms with Crippen molar-refractivity contribution in [1.82, 2.24) is 10.2 Å². The predicted molar refractivity (Wildman–Crippen MR) is 135 cm³/mol. The number of nitrogens with one attached hydrogen (secondary N) is 2. The van der Waals surface area contributed by atoms with Gasteiger partial charge in [-0.05, 0) is 60.7 Å². The number of hydrogen-bond donors (Lipinski definition) is 3. The molecule has 2 atom stereocenters. The number of aliphatic hydroxyl groups is 1. The first kappa shape index (κ1) is 25.8. The molecule has 3 N–H and O–H groups in total. The van der Waals surface area contributed by atoms with Crippen molar-refractivity contribution < 1.29 is 28.6 Å². The molecule has 0 saturated carbocycles. The fourth-order valence-corrected chi connectivity index (χ4v) is 4.20. The Morgan fingerprint density at radius 3 is 2.51 bits per heavy atom. The van der Waals surface area contributed by atoms with E-state index in [9.17, 15) is 18.8 Å². The van der Waals surface area contributed by atoms with Crippen molar-refractivity contribution in [2.75, 3.05) is 18.5 Å². The Kier molecular flexibility index (Phi) is 8.15. The molecule has 3 aromatic rings. The summed E-state index contributed by atoms with van der Waals surface area (Å²) in [7, 11) is 0. The molecule has 192 valence electrons. The van der Waals surface area contributed by atoms with Crippen LogP contribution in [0.2, 0.25) is 0 Å². The van der Waals surface area contributed by atoms with Gasteiger partial charge in [0.25, 0.3) is 5.91 Å². The Balaban J connectivity index is 1.57. The quantitative estimate of drug-likeness (QED) is 0.364. The summed E-state index contributed by atoms with van der Waals surface area (Å²) < 4.78 is 19.8. The van der Waals surface area contributed by atoms with Crippen LogP contribution in [0.4, 0.5) is 14.9 Å². The summed E-state index contributed by atoms with van der Waals surface area (Å²) in [5.74, 6) is -1.33. The van der Waals surface area contributed by atoms with Crippen molar-refractivity contribution in [2.45, 2.75) is 31.8 Å². The van der Waals surface area contributed by atoms with E-state index in [1.165, 1.54) is 12.1 Å². The van der Waals surface area contributed by atoms with Gasteiger partial charge in [-0.15, -0.1) is 0 Å². The molecule has 1 heterocycles. The number of aliphatic hydroxyl groups excluding tert-OH is 1. The van der Waals surface area contributed by atoms with Gasteiger partial charge in [-0.2, -0.15) is 0 Å². The normalized spacial score (nSPS) is 15.9. The smallest absolute Gasteiger partial charge is 0.325 e. The maximum atomic E-state index is 14.5. The maximum absolute atomic E-state index is 14.5. The van der Waals surface area contributed by atoms with E-state index < -0.39 is 35.7 Å². The van der Waals surface area contributed by atoms with Gasteiger partial charge in [0.05, 0.1) is 12.3 Å². The number of urea groups is 1. The topological polar surface area (TPSA) is 108 Å². The Labute approximate surface area is 214 Å². The van der Waals surface area contributed by atoms with Crippen LogP contribution in [-0.2, 0) is 16.0 Å². The lowest BCUT2D eigenvalue weighted by Crippen LogP contribution is -2.48. The maximum Gasteiger partial charge on any atom is 0.325 e. The summed E-state index contributed by atoms with van der Waals surface area (Å²) in [5.41, 5.74) is 2.12. The molecule has 0 radical (unpaired) electrons. The molecule has 1 aliphatic rings. The summed E-state index contributed by atoms with van der Waals surface area (Å²) in [5, 5.41) is 14.1. The lowest BCUT2D eigenvalue weighted by molar-refractivity contribution is -0.134. The van der Waals surface area contributed by atoms with E-state index >= 15 is 0 Å². The highest BCUT2D eigenvalue weighted by Gasteiger charge is 2.45. The average Bonchev–Trinajstić information content (AvgIpc) is 3.19. The van der Waals surface area contributed by atoms with Gasteiger partial charge in [-0.3, -0.25) is 9.59 Å². The molecule has 1 saturated heterocycles. The molecule has 3 aromatic carbocycles. The largest absolute Gasteiger partial charge is 0.491 e. The number of imide groups is 1. The van der Waals surface area contributed by atoms with Crippen LogP contribution in [0.25, 0.3) is 0 Å². The van der Waals surface area contributed by atoms with E-state index in [0.717, 1.165) is 10.5 Å². The molecule has 0 bridgehead atoms. The third-order valence-corrected chi connectivity index (χ3v) is 6.09. The minimum atomic E-state index is -1.16. The van der Waals surface area contributed by atoms with Crippen molar-refractivity contribution >= 4 is 23.5 Å². The van der Waals surface area contributed by atoms with E-state index in [4.69, 9.17) is 9.84 Å². The van der Waals surface area contributed by atoms with Crippen LogP contribution in [0.3, 0.4) is 0 Å². The fraction of sp³-hybridized carbons (Fsp3) is 0.250. The van der Waals surface area contributed by atoms with Gasteiger partial charge in [-0.25, -0.2) is 14.1 Å². The molecule has 37 heavy (non-hydrogen) atoms. The molecule has 9 heteroatoms. The minimum Gasteiger partial charge on any atom is -0.491 e. The molecular weight excluding hydrogens is 477 g/mol. The highest BCUT2D eigenvalue weighted by molar-refractivity contribution is 6.09. The van der Waals surface area contributed by atoms with Crippen LogP contribution >= 0.6 is 0 Å². The van der Waals surface area contributed by atoms with Crippen LogP contribution < -0.4 is 15.4 Å². The fourth-order valence-electron chi connectivity index (χ4n) is 4.20. The molecule has 0 aromatic heterocycles. The summed E-state index contributed by atoms with van der Waals surface area (Å²) in [4.78, 5) is 40.7. The molecule has 1 unspecified atom stereocenters. The van der Waals surface area contributed by atoms with E-state index in [1.54, 1.807) is 37.3 Å². The SMILES string of the molecule is Cc1ccc(NC(=O)C(CCc2ccccc2)N2C(=O)N[C@H](c3ccc(OCCO)cc3)C2=O)c(F)c1. The van der Waals surface area contributed by atoms with Gasteiger partial charge in [0.15, 0.2) is 0 Å². The van der Waals surface area contributed by atoms with Gasteiger partial charge < -0.3 is 20.5 Å². The molecule has 8 nitrogen and oxygen atoms in total. The van der Waals surface area contributed by atoms with E-state index in [1.807, 2.05) is 30.3 Å². The zero-order valence-electron chi connectivity index (χ0n) is 20.3. The molecule has 1 aliphatic heterocycles. The number of hydrogen-bond acceptors (Lipinski definition) is 5. The molecule has 4 amide bonds. The van der Waals surface area contributed by atoms with Crippen LogP contribution in [0.1, 0.15) is 29.2 Å².